The van der Waals surface area contributed by atoms with Crippen molar-refractivity contribution in [3.8, 4) is 22.4 Å². The third kappa shape index (κ3) is 2.36. The van der Waals surface area contributed by atoms with Crippen LogP contribution in [0.2, 0.25) is 0 Å². The van der Waals surface area contributed by atoms with Crippen molar-refractivity contribution in [2.75, 3.05) is 0 Å². The zero-order valence-corrected chi connectivity index (χ0v) is 10.6. The van der Waals surface area contributed by atoms with Crippen molar-refractivity contribution in [3.05, 3.63) is 66.9 Å². The van der Waals surface area contributed by atoms with Crippen molar-refractivity contribution in [1.82, 2.24) is 15.0 Å². The lowest BCUT2D eigenvalue weighted by molar-refractivity contribution is 1.06. The summed E-state index contributed by atoms with van der Waals surface area (Å²) in [5.74, 6) is 0.780. The van der Waals surface area contributed by atoms with Gasteiger partial charge in [0.25, 0.3) is 0 Å². The molecule has 0 radical (unpaired) electrons. The lowest BCUT2D eigenvalue weighted by Gasteiger charge is -2.09. The van der Waals surface area contributed by atoms with Crippen LogP contribution >= 0.6 is 0 Å². The summed E-state index contributed by atoms with van der Waals surface area (Å²) < 4.78 is 0. The number of nitrogens with zero attached hydrogens (tertiary/aromatic N) is 3. The third-order valence-electron chi connectivity index (χ3n) is 2.97. The maximum absolute atomic E-state index is 4.50. The number of aryl methyl sites for hydroxylation is 1. The Morgan fingerprint density at radius 2 is 1.53 bits per heavy atom. The summed E-state index contributed by atoms with van der Waals surface area (Å²) in [5, 5.41) is 0. The Morgan fingerprint density at radius 3 is 2.26 bits per heavy atom. The molecule has 92 valence electrons. The molecule has 0 saturated carbocycles. The third-order valence-corrected chi connectivity index (χ3v) is 2.97. The van der Waals surface area contributed by atoms with Crippen LogP contribution in [-0.2, 0) is 0 Å². The van der Waals surface area contributed by atoms with Crippen molar-refractivity contribution >= 4 is 0 Å². The van der Waals surface area contributed by atoms with Gasteiger partial charge in [0.05, 0.1) is 5.69 Å². The van der Waals surface area contributed by atoms with Crippen LogP contribution in [0.3, 0.4) is 0 Å². The molecule has 19 heavy (non-hydrogen) atoms. The van der Waals surface area contributed by atoms with Gasteiger partial charge >= 0.3 is 0 Å². The Labute approximate surface area is 112 Å². The van der Waals surface area contributed by atoms with Gasteiger partial charge in [-0.2, -0.15) is 0 Å². The minimum atomic E-state index is 0.780. The number of pyridine rings is 1. The number of hydrogen-bond acceptors (Lipinski definition) is 3. The summed E-state index contributed by atoms with van der Waals surface area (Å²) in [5.41, 5.74) is 4.35. The lowest BCUT2D eigenvalue weighted by atomic mass is 9.98. The van der Waals surface area contributed by atoms with Gasteiger partial charge in [0.15, 0.2) is 0 Å². The fourth-order valence-corrected chi connectivity index (χ4v) is 2.10. The van der Waals surface area contributed by atoms with E-state index in [1.807, 2.05) is 37.3 Å². The van der Waals surface area contributed by atoms with Gasteiger partial charge in [-0.15, -0.1) is 0 Å². The molecule has 2 aromatic heterocycles. The normalized spacial score (nSPS) is 10.4. The summed E-state index contributed by atoms with van der Waals surface area (Å²) in [6.07, 6.45) is 5.40. The molecule has 1 aromatic carbocycles. The first-order chi connectivity index (χ1) is 9.34. The average molecular weight is 247 g/mol. The van der Waals surface area contributed by atoms with Crippen LogP contribution < -0.4 is 0 Å². The van der Waals surface area contributed by atoms with Gasteiger partial charge in [-0.1, -0.05) is 24.3 Å². The van der Waals surface area contributed by atoms with Crippen molar-refractivity contribution < 1.29 is 0 Å². The maximum Gasteiger partial charge on any atom is 0.125 e. The molecular weight excluding hydrogens is 234 g/mol. The quantitative estimate of drug-likeness (QED) is 0.695. The van der Waals surface area contributed by atoms with Crippen molar-refractivity contribution in [2.24, 2.45) is 0 Å². The first kappa shape index (κ1) is 11.5. The van der Waals surface area contributed by atoms with E-state index in [-0.39, 0.29) is 0 Å². The van der Waals surface area contributed by atoms with E-state index in [2.05, 4.69) is 27.1 Å². The highest BCUT2D eigenvalue weighted by atomic mass is 14.9. The van der Waals surface area contributed by atoms with E-state index < -0.39 is 0 Å². The summed E-state index contributed by atoms with van der Waals surface area (Å²) in [6.45, 7) is 1.90. The standard InChI is InChI=1S/C16H13N3/c1-12-18-11-8-16(19-12)15-5-3-2-4-14(15)13-6-9-17-10-7-13/h2-11H,1H3. The molecule has 0 N–H and O–H groups in total. The van der Waals surface area contributed by atoms with Crippen LogP contribution in [0.25, 0.3) is 22.4 Å². The van der Waals surface area contributed by atoms with E-state index >= 15 is 0 Å². The maximum atomic E-state index is 4.50. The van der Waals surface area contributed by atoms with Crippen LogP contribution in [-0.4, -0.2) is 15.0 Å². The molecule has 0 bridgehead atoms. The summed E-state index contributed by atoms with van der Waals surface area (Å²) in [6, 6.07) is 14.2. The van der Waals surface area contributed by atoms with Gasteiger partial charge in [-0.3, -0.25) is 4.98 Å². The van der Waals surface area contributed by atoms with E-state index in [1.165, 1.54) is 0 Å². The molecule has 0 saturated heterocycles. The second-order valence-electron chi connectivity index (χ2n) is 4.27. The molecule has 0 atom stereocenters. The highest BCUT2D eigenvalue weighted by Crippen LogP contribution is 2.30. The van der Waals surface area contributed by atoms with Crippen LogP contribution in [0.4, 0.5) is 0 Å². The molecule has 0 aliphatic carbocycles. The topological polar surface area (TPSA) is 38.7 Å². The molecule has 0 aliphatic rings. The SMILES string of the molecule is Cc1nccc(-c2ccccc2-c2ccncc2)n1. The fraction of sp³-hybridized carbons (Fsp3) is 0.0625. The largest absolute Gasteiger partial charge is 0.265 e. The zero-order chi connectivity index (χ0) is 13.1. The van der Waals surface area contributed by atoms with Crippen LogP contribution in [0.15, 0.2) is 61.1 Å². The minimum absolute atomic E-state index is 0.780. The second kappa shape index (κ2) is 4.98. The Kier molecular flexibility index (Phi) is 3.02. The van der Waals surface area contributed by atoms with Gasteiger partial charge in [0.1, 0.15) is 5.82 Å². The summed E-state index contributed by atoms with van der Waals surface area (Å²) in [4.78, 5) is 12.7. The number of benzene rings is 1. The Hall–Kier alpha value is -2.55. The first-order valence-corrected chi connectivity index (χ1v) is 6.14. The summed E-state index contributed by atoms with van der Waals surface area (Å²) >= 11 is 0. The number of rotatable bonds is 2. The minimum Gasteiger partial charge on any atom is -0.265 e. The van der Waals surface area contributed by atoms with Gasteiger partial charge in [0, 0.05) is 24.2 Å². The number of aromatic nitrogens is 3. The van der Waals surface area contributed by atoms with E-state index in [4.69, 9.17) is 0 Å². The van der Waals surface area contributed by atoms with Crippen LogP contribution in [0, 0.1) is 6.92 Å². The molecule has 2 heterocycles. The van der Waals surface area contributed by atoms with Crippen molar-refractivity contribution in [1.29, 1.82) is 0 Å². The highest BCUT2D eigenvalue weighted by Gasteiger charge is 2.07. The molecule has 3 rings (SSSR count). The number of hydrogen-bond donors (Lipinski definition) is 0. The van der Waals surface area contributed by atoms with Gasteiger partial charge in [0.2, 0.25) is 0 Å². The molecular formula is C16H13N3. The molecule has 0 amide bonds. The Morgan fingerprint density at radius 1 is 0.789 bits per heavy atom. The van der Waals surface area contributed by atoms with E-state index in [1.54, 1.807) is 18.6 Å². The Bertz CT molecular complexity index is 693. The molecule has 3 heteroatoms. The molecule has 3 nitrogen and oxygen atoms in total. The molecule has 0 spiro atoms. The first-order valence-electron chi connectivity index (χ1n) is 6.14. The van der Waals surface area contributed by atoms with Gasteiger partial charge in [-0.25, -0.2) is 9.97 Å². The van der Waals surface area contributed by atoms with E-state index in [0.29, 0.717) is 0 Å². The molecule has 0 fully saturated rings. The predicted molar refractivity (Wildman–Crippen MR) is 75.4 cm³/mol. The highest BCUT2D eigenvalue weighted by molar-refractivity contribution is 5.81. The smallest absolute Gasteiger partial charge is 0.125 e. The van der Waals surface area contributed by atoms with Crippen molar-refractivity contribution in [2.45, 2.75) is 6.92 Å². The summed E-state index contributed by atoms with van der Waals surface area (Å²) in [7, 11) is 0. The molecule has 0 unspecified atom stereocenters. The monoisotopic (exact) mass is 247 g/mol. The van der Waals surface area contributed by atoms with E-state index in [9.17, 15) is 0 Å². The van der Waals surface area contributed by atoms with Gasteiger partial charge < -0.3 is 0 Å². The lowest BCUT2D eigenvalue weighted by Crippen LogP contribution is -1.92. The zero-order valence-electron chi connectivity index (χ0n) is 10.6. The fourth-order valence-electron chi connectivity index (χ4n) is 2.10. The Balaban J connectivity index is 2.18. The van der Waals surface area contributed by atoms with Gasteiger partial charge in [-0.05, 0) is 36.2 Å². The second-order valence-corrected chi connectivity index (χ2v) is 4.27. The van der Waals surface area contributed by atoms with Crippen molar-refractivity contribution in [3.63, 3.8) is 0 Å². The molecule has 3 aromatic rings. The van der Waals surface area contributed by atoms with E-state index in [0.717, 1.165) is 28.2 Å². The molecule has 0 aliphatic heterocycles. The van der Waals surface area contributed by atoms with Crippen LogP contribution in [0.1, 0.15) is 5.82 Å². The predicted octanol–water partition coefficient (Wildman–Crippen LogP) is 3.51. The average Bonchev–Trinajstić information content (AvgIpc) is 2.48. The van der Waals surface area contributed by atoms with Crippen LogP contribution in [0.5, 0.6) is 0 Å².